The van der Waals surface area contributed by atoms with Crippen molar-refractivity contribution in [3.8, 4) is 5.75 Å². The lowest BCUT2D eigenvalue weighted by Crippen LogP contribution is -2.30. The standard InChI is InChI=1S/C17H17ClN4O5S/c1-20-16-14(22(23)24)9-8-13(18)15(16)17(19-20)21(28(3,25)26)10-11-4-6-12(27-2)7-5-11/h4-9H,10H2,1-3H3. The first-order chi connectivity index (χ1) is 13.1. The second kappa shape index (κ2) is 7.28. The van der Waals surface area contributed by atoms with Gasteiger partial charge in [-0.3, -0.25) is 14.8 Å². The van der Waals surface area contributed by atoms with Gasteiger partial charge in [0.1, 0.15) is 11.3 Å². The number of fused-ring (bicyclic) bond motifs is 1. The molecule has 0 spiro atoms. The fourth-order valence-electron chi connectivity index (χ4n) is 2.91. The maximum absolute atomic E-state index is 12.5. The minimum atomic E-state index is -3.76. The predicted octanol–water partition coefficient (Wildman–Crippen LogP) is 3.11. The summed E-state index contributed by atoms with van der Waals surface area (Å²) in [7, 11) is -0.725. The molecule has 0 fully saturated rings. The first kappa shape index (κ1) is 19.9. The highest BCUT2D eigenvalue weighted by Crippen LogP contribution is 2.38. The highest BCUT2D eigenvalue weighted by molar-refractivity contribution is 7.92. The number of non-ortho nitro benzene ring substituents is 1. The summed E-state index contributed by atoms with van der Waals surface area (Å²) in [4.78, 5) is 10.8. The van der Waals surface area contributed by atoms with Crippen molar-refractivity contribution >= 4 is 44.0 Å². The van der Waals surface area contributed by atoms with Gasteiger partial charge in [-0.05, 0) is 23.8 Å². The van der Waals surface area contributed by atoms with Gasteiger partial charge >= 0.3 is 0 Å². The molecule has 0 unspecified atom stereocenters. The van der Waals surface area contributed by atoms with Gasteiger partial charge < -0.3 is 4.74 Å². The number of ether oxygens (including phenoxy) is 1. The zero-order valence-corrected chi connectivity index (χ0v) is 16.9. The van der Waals surface area contributed by atoms with Crippen LogP contribution in [-0.2, 0) is 23.6 Å². The van der Waals surface area contributed by atoms with E-state index in [1.807, 2.05) is 0 Å². The third-order valence-corrected chi connectivity index (χ3v) is 5.63. The highest BCUT2D eigenvalue weighted by Gasteiger charge is 2.29. The van der Waals surface area contributed by atoms with Crippen LogP contribution in [0.2, 0.25) is 5.02 Å². The van der Waals surface area contributed by atoms with Crippen LogP contribution in [-0.4, -0.2) is 36.5 Å². The highest BCUT2D eigenvalue weighted by atomic mass is 35.5. The second-order valence-corrected chi connectivity index (χ2v) is 8.43. The summed E-state index contributed by atoms with van der Waals surface area (Å²) in [6.07, 6.45) is 1.04. The minimum absolute atomic E-state index is 0.0199. The van der Waals surface area contributed by atoms with E-state index in [4.69, 9.17) is 16.3 Å². The number of hydrogen-bond acceptors (Lipinski definition) is 6. The number of aryl methyl sites for hydroxylation is 1. The lowest BCUT2D eigenvalue weighted by molar-refractivity contribution is -0.383. The quantitative estimate of drug-likeness (QED) is 0.444. The Bertz CT molecular complexity index is 1160. The number of sulfonamides is 1. The van der Waals surface area contributed by atoms with E-state index >= 15 is 0 Å². The Morgan fingerprint density at radius 3 is 2.43 bits per heavy atom. The van der Waals surface area contributed by atoms with E-state index < -0.39 is 14.9 Å². The van der Waals surface area contributed by atoms with Crippen LogP contribution in [0.15, 0.2) is 36.4 Å². The fraction of sp³-hybridized carbons (Fsp3) is 0.235. The van der Waals surface area contributed by atoms with Crippen molar-refractivity contribution in [3.63, 3.8) is 0 Å². The topological polar surface area (TPSA) is 108 Å². The maximum atomic E-state index is 12.5. The maximum Gasteiger partial charge on any atom is 0.295 e. The molecule has 0 saturated carbocycles. The van der Waals surface area contributed by atoms with Gasteiger partial charge in [0.15, 0.2) is 5.82 Å². The average molecular weight is 425 g/mol. The Morgan fingerprint density at radius 2 is 1.89 bits per heavy atom. The fourth-order valence-corrected chi connectivity index (χ4v) is 3.97. The molecule has 3 rings (SSSR count). The molecule has 0 aliphatic rings. The van der Waals surface area contributed by atoms with E-state index in [-0.39, 0.29) is 34.0 Å². The lowest BCUT2D eigenvalue weighted by Gasteiger charge is -2.20. The molecule has 0 aliphatic carbocycles. The Kier molecular flexibility index (Phi) is 5.18. The number of methoxy groups -OCH3 is 1. The monoisotopic (exact) mass is 424 g/mol. The lowest BCUT2D eigenvalue weighted by atomic mass is 10.2. The molecule has 0 aliphatic heterocycles. The van der Waals surface area contributed by atoms with Crippen LogP contribution in [0.25, 0.3) is 10.9 Å². The molecule has 9 nitrogen and oxygen atoms in total. The van der Waals surface area contributed by atoms with E-state index in [0.29, 0.717) is 11.3 Å². The number of aromatic nitrogens is 2. The van der Waals surface area contributed by atoms with Crippen molar-refractivity contribution in [2.24, 2.45) is 7.05 Å². The molecular formula is C17H17ClN4O5S. The number of nitro benzene ring substituents is 1. The van der Waals surface area contributed by atoms with Gasteiger partial charge in [0.2, 0.25) is 10.0 Å². The summed E-state index contributed by atoms with van der Waals surface area (Å²) in [5.41, 5.74) is 0.626. The van der Waals surface area contributed by atoms with Gasteiger partial charge in [-0.1, -0.05) is 23.7 Å². The summed E-state index contributed by atoms with van der Waals surface area (Å²) < 4.78 is 32.5. The molecule has 2 aromatic carbocycles. The SMILES string of the molecule is COc1ccc(CN(c2nn(C)c3c([N+](=O)[O-])ccc(Cl)c23)S(C)(=O)=O)cc1. The Labute approximate surface area is 166 Å². The van der Waals surface area contributed by atoms with Crippen LogP contribution in [0, 0.1) is 10.1 Å². The molecule has 11 heteroatoms. The molecule has 0 radical (unpaired) electrons. The normalized spacial score (nSPS) is 11.6. The first-order valence-corrected chi connectivity index (χ1v) is 10.3. The van der Waals surface area contributed by atoms with E-state index in [1.54, 1.807) is 24.3 Å². The van der Waals surface area contributed by atoms with Crippen molar-refractivity contribution in [1.29, 1.82) is 0 Å². The third kappa shape index (κ3) is 3.60. The van der Waals surface area contributed by atoms with Gasteiger partial charge in [-0.15, -0.1) is 0 Å². The second-order valence-electron chi connectivity index (χ2n) is 6.11. The number of nitrogens with zero attached hydrogens (tertiary/aromatic N) is 4. The number of anilines is 1. The zero-order valence-electron chi connectivity index (χ0n) is 15.3. The molecule has 148 valence electrons. The van der Waals surface area contributed by atoms with Crippen molar-refractivity contribution in [1.82, 2.24) is 9.78 Å². The zero-order chi connectivity index (χ0) is 20.6. The summed E-state index contributed by atoms with van der Waals surface area (Å²) in [5, 5.41) is 16.0. The molecule has 0 atom stereocenters. The summed E-state index contributed by atoms with van der Waals surface area (Å²) in [6.45, 7) is -0.0199. The van der Waals surface area contributed by atoms with Crippen LogP contribution in [0.4, 0.5) is 11.5 Å². The molecule has 0 amide bonds. The predicted molar refractivity (Wildman–Crippen MR) is 106 cm³/mol. The molecule has 0 bridgehead atoms. The number of halogens is 1. The first-order valence-electron chi connectivity index (χ1n) is 8.03. The third-order valence-electron chi connectivity index (χ3n) is 4.22. The van der Waals surface area contributed by atoms with E-state index in [9.17, 15) is 18.5 Å². The smallest absolute Gasteiger partial charge is 0.295 e. The van der Waals surface area contributed by atoms with Crippen LogP contribution >= 0.6 is 11.6 Å². The van der Waals surface area contributed by atoms with Gasteiger partial charge in [0, 0.05) is 13.1 Å². The number of benzene rings is 2. The molecule has 0 saturated heterocycles. The van der Waals surface area contributed by atoms with Crippen LogP contribution in [0.3, 0.4) is 0 Å². The Hall–Kier alpha value is -2.85. The van der Waals surface area contributed by atoms with Gasteiger partial charge in [-0.25, -0.2) is 12.7 Å². The van der Waals surface area contributed by atoms with Gasteiger partial charge in [0.25, 0.3) is 5.69 Å². The van der Waals surface area contributed by atoms with E-state index in [2.05, 4.69) is 5.10 Å². The Morgan fingerprint density at radius 1 is 1.25 bits per heavy atom. The van der Waals surface area contributed by atoms with Crippen molar-refractivity contribution in [3.05, 3.63) is 57.1 Å². The van der Waals surface area contributed by atoms with Gasteiger partial charge in [-0.2, -0.15) is 5.10 Å². The van der Waals surface area contributed by atoms with E-state index in [0.717, 1.165) is 10.6 Å². The molecule has 1 heterocycles. The van der Waals surface area contributed by atoms with Crippen molar-refractivity contribution in [2.45, 2.75) is 6.54 Å². The van der Waals surface area contributed by atoms with Crippen LogP contribution in [0.1, 0.15) is 5.56 Å². The van der Waals surface area contributed by atoms with Gasteiger partial charge in [0.05, 0.1) is 35.2 Å². The molecule has 28 heavy (non-hydrogen) atoms. The van der Waals surface area contributed by atoms with Crippen molar-refractivity contribution < 1.29 is 18.1 Å². The number of rotatable bonds is 6. The Balaban J connectivity index is 2.20. The molecule has 3 aromatic rings. The molecule has 0 N–H and O–H groups in total. The molecule has 1 aromatic heterocycles. The van der Waals surface area contributed by atoms with Crippen LogP contribution in [0.5, 0.6) is 5.75 Å². The van der Waals surface area contributed by atoms with Crippen molar-refractivity contribution in [2.75, 3.05) is 17.7 Å². The molecular weight excluding hydrogens is 408 g/mol. The summed E-state index contributed by atoms with van der Waals surface area (Å²) >= 11 is 6.27. The summed E-state index contributed by atoms with van der Waals surface area (Å²) in [6, 6.07) is 9.51. The largest absolute Gasteiger partial charge is 0.497 e. The van der Waals surface area contributed by atoms with E-state index in [1.165, 1.54) is 31.0 Å². The number of hydrogen-bond donors (Lipinski definition) is 0. The number of nitro groups is 1. The summed E-state index contributed by atoms with van der Waals surface area (Å²) in [5.74, 6) is 0.668. The average Bonchev–Trinajstić information content (AvgIpc) is 2.97. The minimum Gasteiger partial charge on any atom is -0.497 e. The van der Waals surface area contributed by atoms with Crippen LogP contribution < -0.4 is 9.04 Å².